The molecule has 0 saturated heterocycles. The van der Waals surface area contributed by atoms with Gasteiger partial charge in [-0.15, -0.1) is 0 Å². The first-order valence-electron chi connectivity index (χ1n) is 9.11. The smallest absolute Gasteiger partial charge is 0.351 e. The Morgan fingerprint density at radius 1 is 1.21 bits per heavy atom. The molecule has 0 spiro atoms. The molecule has 5 rings (SSSR count). The molecule has 1 aromatic carbocycles. The number of aromatic nitrogens is 3. The van der Waals surface area contributed by atoms with Crippen molar-refractivity contribution in [2.75, 3.05) is 16.8 Å². The van der Waals surface area contributed by atoms with Crippen molar-refractivity contribution in [1.29, 1.82) is 0 Å². The summed E-state index contributed by atoms with van der Waals surface area (Å²) in [5.41, 5.74) is 0.828. The normalized spacial score (nSPS) is 24.1. The number of aromatic amines is 1. The molecule has 3 aromatic rings. The van der Waals surface area contributed by atoms with Gasteiger partial charge < -0.3 is 9.80 Å². The van der Waals surface area contributed by atoms with E-state index in [1.165, 1.54) is 6.07 Å². The van der Waals surface area contributed by atoms with Gasteiger partial charge in [0, 0.05) is 24.0 Å². The third kappa shape index (κ3) is 2.82. The predicted octanol–water partition coefficient (Wildman–Crippen LogP) is 5.29. The van der Waals surface area contributed by atoms with Crippen molar-refractivity contribution in [1.82, 2.24) is 15.2 Å². The van der Waals surface area contributed by atoms with Gasteiger partial charge >= 0.3 is 6.18 Å². The SMILES string of the molecule is CN1c2ccc(C(F)(F)F)nc2N(c2cc(Cl)c3[nH]ncc3c2)C1[C@H]1C[C@@H](F)C1. The number of nitrogens with zero attached hydrogens (tertiary/aromatic N) is 4. The topological polar surface area (TPSA) is 48.1 Å². The summed E-state index contributed by atoms with van der Waals surface area (Å²) in [7, 11) is 1.79. The number of H-pyrrole nitrogens is 1. The molecular weight excluding hydrogens is 410 g/mol. The summed E-state index contributed by atoms with van der Waals surface area (Å²) in [6, 6.07) is 5.86. The first-order valence-corrected chi connectivity index (χ1v) is 9.49. The Balaban J connectivity index is 1.68. The Morgan fingerprint density at radius 2 is 1.97 bits per heavy atom. The third-order valence-corrected chi connectivity index (χ3v) is 6.01. The minimum atomic E-state index is -4.57. The monoisotopic (exact) mass is 425 g/mol. The zero-order valence-corrected chi connectivity index (χ0v) is 16.0. The second kappa shape index (κ2) is 6.22. The molecule has 1 aliphatic carbocycles. The molecule has 1 fully saturated rings. The molecule has 152 valence electrons. The van der Waals surface area contributed by atoms with Crippen LogP contribution in [0.3, 0.4) is 0 Å². The second-order valence-corrected chi connectivity index (χ2v) is 7.93. The van der Waals surface area contributed by atoms with Crippen molar-refractivity contribution < 1.29 is 17.6 Å². The Labute approximate surface area is 168 Å². The van der Waals surface area contributed by atoms with Crippen LogP contribution in [0.25, 0.3) is 10.9 Å². The van der Waals surface area contributed by atoms with E-state index in [9.17, 15) is 17.6 Å². The van der Waals surface area contributed by atoms with Crippen LogP contribution in [0, 0.1) is 5.92 Å². The predicted molar refractivity (Wildman–Crippen MR) is 102 cm³/mol. The van der Waals surface area contributed by atoms with Crippen LogP contribution in [0.5, 0.6) is 0 Å². The number of alkyl halides is 4. The highest BCUT2D eigenvalue weighted by atomic mass is 35.5. The van der Waals surface area contributed by atoms with E-state index in [2.05, 4.69) is 15.2 Å². The van der Waals surface area contributed by atoms with Gasteiger partial charge in [-0.1, -0.05) is 11.6 Å². The van der Waals surface area contributed by atoms with Crippen LogP contribution in [-0.2, 0) is 6.18 Å². The molecule has 0 radical (unpaired) electrons. The number of hydrogen-bond acceptors (Lipinski definition) is 4. The van der Waals surface area contributed by atoms with Crippen molar-refractivity contribution in [3.8, 4) is 0 Å². The van der Waals surface area contributed by atoms with Gasteiger partial charge in [0.25, 0.3) is 0 Å². The first kappa shape index (κ1) is 18.5. The molecule has 1 atom stereocenters. The fourth-order valence-electron chi connectivity index (χ4n) is 4.26. The summed E-state index contributed by atoms with van der Waals surface area (Å²) < 4.78 is 53.6. The van der Waals surface area contributed by atoms with Crippen LogP contribution in [0.4, 0.5) is 34.8 Å². The summed E-state index contributed by atoms with van der Waals surface area (Å²) in [4.78, 5) is 7.54. The van der Waals surface area contributed by atoms with Crippen LogP contribution in [0.15, 0.2) is 30.5 Å². The number of benzene rings is 1. The lowest BCUT2D eigenvalue weighted by Gasteiger charge is -2.42. The van der Waals surface area contributed by atoms with E-state index in [-0.39, 0.29) is 17.9 Å². The quantitative estimate of drug-likeness (QED) is 0.566. The Bertz CT molecular complexity index is 1090. The summed E-state index contributed by atoms with van der Waals surface area (Å²) in [6.07, 6.45) is -3.50. The summed E-state index contributed by atoms with van der Waals surface area (Å²) in [5, 5.41) is 7.90. The zero-order chi connectivity index (χ0) is 20.5. The van der Waals surface area contributed by atoms with Crippen molar-refractivity contribution in [3.63, 3.8) is 0 Å². The van der Waals surface area contributed by atoms with E-state index in [4.69, 9.17) is 11.6 Å². The van der Waals surface area contributed by atoms with Crippen molar-refractivity contribution in [2.24, 2.45) is 5.92 Å². The van der Waals surface area contributed by atoms with Gasteiger partial charge in [0.05, 0.1) is 22.4 Å². The number of hydrogen-bond donors (Lipinski definition) is 1. The van der Waals surface area contributed by atoms with Gasteiger partial charge in [-0.05, 0) is 37.1 Å². The van der Waals surface area contributed by atoms with Crippen LogP contribution in [0.1, 0.15) is 18.5 Å². The summed E-state index contributed by atoms with van der Waals surface area (Å²) in [5.74, 6) is 0.144. The molecular formula is C19H16ClF4N5. The highest BCUT2D eigenvalue weighted by molar-refractivity contribution is 6.35. The van der Waals surface area contributed by atoms with Crippen LogP contribution in [0.2, 0.25) is 5.02 Å². The average Bonchev–Trinajstić information content (AvgIpc) is 3.21. The lowest BCUT2D eigenvalue weighted by atomic mass is 9.80. The molecule has 1 unspecified atom stereocenters. The summed E-state index contributed by atoms with van der Waals surface area (Å²) >= 11 is 6.38. The van der Waals surface area contributed by atoms with Crippen molar-refractivity contribution in [2.45, 2.75) is 31.4 Å². The van der Waals surface area contributed by atoms with Gasteiger partial charge in [0.15, 0.2) is 5.82 Å². The zero-order valence-electron chi connectivity index (χ0n) is 15.2. The Hall–Kier alpha value is -2.55. The summed E-state index contributed by atoms with van der Waals surface area (Å²) in [6.45, 7) is 0. The molecule has 5 nitrogen and oxygen atoms in total. The third-order valence-electron chi connectivity index (χ3n) is 5.72. The van der Waals surface area contributed by atoms with E-state index < -0.39 is 18.0 Å². The van der Waals surface area contributed by atoms with Crippen LogP contribution in [-0.4, -0.2) is 34.6 Å². The lowest BCUT2D eigenvalue weighted by Crippen LogP contribution is -2.50. The molecule has 0 bridgehead atoms. The average molecular weight is 426 g/mol. The van der Waals surface area contributed by atoms with E-state index >= 15 is 0 Å². The van der Waals surface area contributed by atoms with Crippen molar-refractivity contribution >= 4 is 39.7 Å². The minimum absolute atomic E-state index is 0.0441. The minimum Gasteiger partial charge on any atom is -0.351 e. The molecule has 2 aliphatic rings. The standard InChI is InChI=1S/C19H16ClF4N5/c1-28-14-2-3-15(19(22,23)24)26-17(14)29(18(28)9-4-11(21)5-9)12-6-10-8-25-27-16(10)13(20)7-12/h2-3,6-9,11,18H,4-5H2,1H3,(H,25,27)/t9-,11+,18?. The maximum Gasteiger partial charge on any atom is 0.433 e. The number of rotatable bonds is 2. The highest BCUT2D eigenvalue weighted by Gasteiger charge is 2.47. The molecule has 1 saturated carbocycles. The molecule has 2 aromatic heterocycles. The van der Waals surface area contributed by atoms with E-state index in [1.54, 1.807) is 30.3 Å². The first-order chi connectivity index (χ1) is 13.7. The van der Waals surface area contributed by atoms with E-state index in [0.29, 0.717) is 34.8 Å². The van der Waals surface area contributed by atoms with Gasteiger partial charge in [-0.25, -0.2) is 9.37 Å². The van der Waals surface area contributed by atoms with E-state index in [0.717, 1.165) is 11.5 Å². The Kier molecular flexibility index (Phi) is 3.96. The molecule has 10 heteroatoms. The van der Waals surface area contributed by atoms with Gasteiger partial charge in [-0.2, -0.15) is 18.3 Å². The van der Waals surface area contributed by atoms with Gasteiger partial charge in [0.1, 0.15) is 18.0 Å². The van der Waals surface area contributed by atoms with Crippen LogP contribution >= 0.6 is 11.6 Å². The largest absolute Gasteiger partial charge is 0.433 e. The second-order valence-electron chi connectivity index (χ2n) is 7.52. The fraction of sp³-hybridized carbons (Fsp3) is 0.368. The van der Waals surface area contributed by atoms with Crippen LogP contribution < -0.4 is 9.80 Å². The molecule has 29 heavy (non-hydrogen) atoms. The van der Waals surface area contributed by atoms with E-state index in [1.807, 2.05) is 4.90 Å². The number of fused-ring (bicyclic) bond motifs is 2. The fourth-order valence-corrected chi connectivity index (χ4v) is 4.53. The maximum absolute atomic E-state index is 13.6. The number of halogens is 5. The van der Waals surface area contributed by atoms with Gasteiger partial charge in [-0.3, -0.25) is 5.10 Å². The molecule has 1 aliphatic heterocycles. The lowest BCUT2D eigenvalue weighted by molar-refractivity contribution is -0.141. The molecule has 1 N–H and O–H groups in total. The van der Waals surface area contributed by atoms with Gasteiger partial charge in [0.2, 0.25) is 0 Å². The molecule has 3 heterocycles. The maximum atomic E-state index is 13.6. The van der Waals surface area contributed by atoms with Crippen molar-refractivity contribution in [3.05, 3.63) is 41.2 Å². The number of pyridine rings is 1. The number of anilines is 3. The number of nitrogens with one attached hydrogen (secondary N) is 1. The Morgan fingerprint density at radius 3 is 2.66 bits per heavy atom. The molecule has 0 amide bonds. The highest BCUT2D eigenvalue weighted by Crippen LogP contribution is 2.50.